The van der Waals surface area contributed by atoms with Crippen LogP contribution in [0, 0.1) is 5.92 Å². The van der Waals surface area contributed by atoms with Gasteiger partial charge in [-0.1, -0.05) is 37.3 Å². The average molecular weight is 339 g/mol. The number of aliphatic imine (C=N–C) groups is 1. The lowest BCUT2D eigenvalue weighted by Crippen LogP contribution is -2.48. The number of aromatic nitrogens is 2. The molecule has 25 heavy (non-hydrogen) atoms. The van der Waals surface area contributed by atoms with Gasteiger partial charge < -0.3 is 14.8 Å². The predicted octanol–water partition coefficient (Wildman–Crippen LogP) is 2.97. The fraction of sp³-hybridized carbons (Fsp3) is 0.500. The first-order valence-corrected chi connectivity index (χ1v) is 9.32. The minimum Gasteiger partial charge on any atom is -0.357 e. The molecule has 1 aromatic carbocycles. The van der Waals surface area contributed by atoms with Crippen molar-refractivity contribution in [3.05, 3.63) is 54.6 Å². The Kier molecular flexibility index (Phi) is 6.09. The number of benzene rings is 1. The molecule has 2 aromatic rings. The van der Waals surface area contributed by atoms with Gasteiger partial charge in [-0.05, 0) is 30.7 Å². The Morgan fingerprint density at radius 1 is 1.32 bits per heavy atom. The normalized spacial score (nSPS) is 21.4. The summed E-state index contributed by atoms with van der Waals surface area (Å²) in [5, 5.41) is 3.46. The van der Waals surface area contributed by atoms with E-state index in [2.05, 4.69) is 63.9 Å². The minimum atomic E-state index is 0.619. The highest BCUT2D eigenvalue weighted by molar-refractivity contribution is 5.80. The number of hydrogen-bond acceptors (Lipinski definition) is 2. The monoisotopic (exact) mass is 339 g/mol. The molecule has 1 aromatic heterocycles. The van der Waals surface area contributed by atoms with Crippen molar-refractivity contribution in [3.8, 4) is 0 Å². The van der Waals surface area contributed by atoms with Crippen LogP contribution in [-0.4, -0.2) is 46.6 Å². The van der Waals surface area contributed by atoms with Crippen molar-refractivity contribution in [2.24, 2.45) is 10.9 Å². The number of likely N-dealkylation sites (tertiary alicyclic amines) is 1. The van der Waals surface area contributed by atoms with Gasteiger partial charge in [0.25, 0.3) is 0 Å². The summed E-state index contributed by atoms with van der Waals surface area (Å²) in [5.74, 6) is 2.31. The first-order chi connectivity index (χ1) is 12.3. The third kappa shape index (κ3) is 4.62. The molecule has 5 heteroatoms. The molecule has 1 fully saturated rings. The Morgan fingerprint density at radius 3 is 2.84 bits per heavy atom. The third-order valence-corrected chi connectivity index (χ3v) is 4.95. The van der Waals surface area contributed by atoms with Crippen molar-refractivity contribution in [3.63, 3.8) is 0 Å². The molecule has 134 valence electrons. The zero-order valence-electron chi connectivity index (χ0n) is 15.3. The van der Waals surface area contributed by atoms with Crippen LogP contribution in [0.4, 0.5) is 0 Å². The summed E-state index contributed by atoms with van der Waals surface area (Å²) >= 11 is 0. The van der Waals surface area contributed by atoms with Gasteiger partial charge >= 0.3 is 0 Å². The molecule has 2 atom stereocenters. The first kappa shape index (κ1) is 17.5. The molecule has 2 unspecified atom stereocenters. The molecular formula is C20H29N5. The van der Waals surface area contributed by atoms with Crippen LogP contribution in [0.25, 0.3) is 0 Å². The SMILES string of the molecule is CCNC(=NCCn1ccnc1)N1CCC(c2ccccc2)C(C)C1. The number of guanidine groups is 1. The lowest BCUT2D eigenvalue weighted by atomic mass is 9.82. The van der Waals surface area contributed by atoms with Crippen LogP contribution in [0.1, 0.15) is 31.7 Å². The van der Waals surface area contributed by atoms with Crippen molar-refractivity contribution >= 4 is 5.96 Å². The highest BCUT2D eigenvalue weighted by Gasteiger charge is 2.28. The summed E-state index contributed by atoms with van der Waals surface area (Å²) in [4.78, 5) is 11.3. The van der Waals surface area contributed by atoms with E-state index in [0.29, 0.717) is 11.8 Å². The Bertz CT molecular complexity index is 650. The maximum Gasteiger partial charge on any atom is 0.193 e. The number of rotatable bonds is 5. The van der Waals surface area contributed by atoms with Crippen LogP contribution >= 0.6 is 0 Å². The van der Waals surface area contributed by atoms with Crippen molar-refractivity contribution in [1.29, 1.82) is 0 Å². The maximum atomic E-state index is 4.83. The largest absolute Gasteiger partial charge is 0.357 e. The van der Waals surface area contributed by atoms with E-state index in [1.807, 2.05) is 18.7 Å². The number of imidazole rings is 1. The summed E-state index contributed by atoms with van der Waals surface area (Å²) in [5.41, 5.74) is 1.47. The lowest BCUT2D eigenvalue weighted by Gasteiger charge is -2.39. The van der Waals surface area contributed by atoms with Gasteiger partial charge in [0.2, 0.25) is 0 Å². The summed E-state index contributed by atoms with van der Waals surface area (Å²) in [6, 6.07) is 10.9. The zero-order valence-corrected chi connectivity index (χ0v) is 15.3. The molecule has 2 heterocycles. The van der Waals surface area contributed by atoms with Gasteiger partial charge in [-0.25, -0.2) is 4.98 Å². The van der Waals surface area contributed by atoms with Crippen molar-refractivity contribution in [1.82, 2.24) is 19.8 Å². The Balaban J connectivity index is 1.61. The Labute approximate surface area is 150 Å². The van der Waals surface area contributed by atoms with Crippen LogP contribution in [0.3, 0.4) is 0 Å². The second kappa shape index (κ2) is 8.70. The molecule has 1 N–H and O–H groups in total. The molecule has 1 saturated heterocycles. The zero-order chi connectivity index (χ0) is 17.5. The smallest absolute Gasteiger partial charge is 0.193 e. The van der Waals surface area contributed by atoms with E-state index in [-0.39, 0.29) is 0 Å². The fourth-order valence-corrected chi connectivity index (χ4v) is 3.65. The van der Waals surface area contributed by atoms with Gasteiger partial charge in [0.05, 0.1) is 12.9 Å². The standard InChI is InChI=1S/C20H29N5/c1-3-22-20(23-11-14-24-13-10-21-16-24)25-12-9-19(17(2)15-25)18-7-5-4-6-8-18/h4-8,10,13,16-17,19H,3,9,11-12,14-15H2,1-2H3,(H,22,23). The number of hydrogen-bond donors (Lipinski definition) is 1. The molecule has 0 saturated carbocycles. The topological polar surface area (TPSA) is 45.5 Å². The van der Waals surface area contributed by atoms with E-state index in [1.165, 1.54) is 12.0 Å². The summed E-state index contributed by atoms with van der Waals surface area (Å²) in [6.07, 6.45) is 6.81. The highest BCUT2D eigenvalue weighted by atomic mass is 15.3. The molecule has 1 aliphatic rings. The van der Waals surface area contributed by atoms with Crippen LogP contribution in [-0.2, 0) is 6.54 Å². The van der Waals surface area contributed by atoms with Gasteiger partial charge in [-0.3, -0.25) is 4.99 Å². The molecule has 0 radical (unpaired) electrons. The van der Waals surface area contributed by atoms with E-state index in [4.69, 9.17) is 4.99 Å². The molecular weight excluding hydrogens is 310 g/mol. The van der Waals surface area contributed by atoms with Crippen molar-refractivity contribution in [2.45, 2.75) is 32.7 Å². The van der Waals surface area contributed by atoms with Gasteiger partial charge in [0.15, 0.2) is 5.96 Å². The number of nitrogens with one attached hydrogen (secondary N) is 1. The Hall–Kier alpha value is -2.30. The van der Waals surface area contributed by atoms with Crippen LogP contribution in [0.2, 0.25) is 0 Å². The summed E-state index contributed by atoms with van der Waals surface area (Å²) in [7, 11) is 0. The highest BCUT2D eigenvalue weighted by Crippen LogP contribution is 2.32. The maximum absolute atomic E-state index is 4.83. The molecule has 3 rings (SSSR count). The predicted molar refractivity (Wildman–Crippen MR) is 103 cm³/mol. The van der Waals surface area contributed by atoms with Crippen molar-refractivity contribution < 1.29 is 0 Å². The van der Waals surface area contributed by atoms with Crippen LogP contribution in [0.5, 0.6) is 0 Å². The van der Waals surface area contributed by atoms with E-state index in [9.17, 15) is 0 Å². The summed E-state index contributed by atoms with van der Waals surface area (Å²) < 4.78 is 2.07. The fourth-order valence-electron chi connectivity index (χ4n) is 3.65. The minimum absolute atomic E-state index is 0.619. The van der Waals surface area contributed by atoms with Crippen molar-refractivity contribution in [2.75, 3.05) is 26.2 Å². The Morgan fingerprint density at radius 2 is 2.16 bits per heavy atom. The molecule has 0 aliphatic carbocycles. The van der Waals surface area contributed by atoms with Gasteiger partial charge in [-0.15, -0.1) is 0 Å². The number of nitrogens with zero attached hydrogens (tertiary/aromatic N) is 4. The lowest BCUT2D eigenvalue weighted by molar-refractivity contribution is 0.234. The van der Waals surface area contributed by atoms with E-state index in [0.717, 1.165) is 38.7 Å². The average Bonchev–Trinajstić information content (AvgIpc) is 3.15. The van der Waals surface area contributed by atoms with E-state index < -0.39 is 0 Å². The van der Waals surface area contributed by atoms with Crippen LogP contribution in [0.15, 0.2) is 54.0 Å². The van der Waals surface area contributed by atoms with Crippen LogP contribution < -0.4 is 5.32 Å². The summed E-state index contributed by atoms with van der Waals surface area (Å²) in [6.45, 7) is 9.13. The molecule has 0 spiro atoms. The van der Waals surface area contributed by atoms with Gasteiger partial charge in [0, 0.05) is 38.6 Å². The van der Waals surface area contributed by atoms with Gasteiger partial charge in [0.1, 0.15) is 0 Å². The molecule has 0 bridgehead atoms. The third-order valence-electron chi connectivity index (χ3n) is 4.95. The van der Waals surface area contributed by atoms with E-state index in [1.54, 1.807) is 0 Å². The second-order valence-corrected chi connectivity index (χ2v) is 6.77. The first-order valence-electron chi connectivity index (χ1n) is 9.32. The van der Waals surface area contributed by atoms with Gasteiger partial charge in [-0.2, -0.15) is 0 Å². The second-order valence-electron chi connectivity index (χ2n) is 6.77. The quantitative estimate of drug-likeness (QED) is 0.673. The molecule has 1 aliphatic heterocycles. The molecule has 0 amide bonds. The number of piperidine rings is 1. The molecule has 5 nitrogen and oxygen atoms in total. The van der Waals surface area contributed by atoms with E-state index >= 15 is 0 Å².